The lowest BCUT2D eigenvalue weighted by Crippen LogP contribution is -2.36. The molecule has 1 fully saturated rings. The quantitative estimate of drug-likeness (QED) is 0.554. The van der Waals surface area contributed by atoms with Crippen molar-refractivity contribution in [3.05, 3.63) is 23.7 Å². The molecule has 0 aromatic carbocycles. The molecule has 5 nitrogen and oxygen atoms in total. The van der Waals surface area contributed by atoms with Gasteiger partial charge in [0.25, 0.3) is 0 Å². The first-order chi connectivity index (χ1) is 9.08. The van der Waals surface area contributed by atoms with Gasteiger partial charge in [-0.1, -0.05) is 6.08 Å². The summed E-state index contributed by atoms with van der Waals surface area (Å²) >= 11 is 0. The second-order valence-electron chi connectivity index (χ2n) is 4.47. The van der Waals surface area contributed by atoms with Crippen LogP contribution in [-0.4, -0.2) is 36.1 Å². The second-order valence-corrected chi connectivity index (χ2v) is 4.47. The average molecular weight is 269 g/mol. The largest absolute Gasteiger partial charge is 0.369 e. The molecule has 0 radical (unpaired) electrons. The lowest BCUT2D eigenvalue weighted by molar-refractivity contribution is 0.368. The van der Waals surface area contributed by atoms with Gasteiger partial charge in [0, 0.05) is 19.5 Å². The molecule has 0 amide bonds. The number of alkyl halides is 1. The molecule has 1 saturated heterocycles. The number of aliphatic imine (C=N–C) groups is 2. The zero-order chi connectivity index (χ0) is 13.8. The van der Waals surface area contributed by atoms with Crippen molar-refractivity contribution in [1.29, 1.82) is 0 Å². The molecule has 0 bridgehead atoms. The van der Waals surface area contributed by atoms with E-state index in [2.05, 4.69) is 9.98 Å². The molecule has 7 heteroatoms. The Morgan fingerprint density at radius 3 is 2.63 bits per heavy atom. The third-order valence-corrected chi connectivity index (χ3v) is 3.04. The van der Waals surface area contributed by atoms with Crippen molar-refractivity contribution in [2.45, 2.75) is 25.4 Å². The highest BCUT2D eigenvalue weighted by molar-refractivity contribution is 5.93. The van der Waals surface area contributed by atoms with Gasteiger partial charge >= 0.3 is 0 Å². The van der Waals surface area contributed by atoms with Crippen molar-refractivity contribution >= 4 is 11.9 Å². The molecule has 0 aromatic rings. The van der Waals surface area contributed by atoms with E-state index in [1.807, 2.05) is 4.90 Å². The van der Waals surface area contributed by atoms with Gasteiger partial charge in [-0.2, -0.15) is 4.99 Å². The number of nitrogens with two attached hydrogens (primary N) is 2. The van der Waals surface area contributed by atoms with E-state index in [0.29, 0.717) is 0 Å². The molecule has 0 aromatic heterocycles. The van der Waals surface area contributed by atoms with Crippen LogP contribution < -0.4 is 11.5 Å². The molecule has 1 aliphatic carbocycles. The predicted octanol–water partition coefficient (Wildman–Crippen LogP) is 1.19. The first-order valence-electron chi connectivity index (χ1n) is 6.21. The van der Waals surface area contributed by atoms with Crippen LogP contribution in [0.5, 0.6) is 0 Å². The first kappa shape index (κ1) is 13.5. The van der Waals surface area contributed by atoms with Crippen LogP contribution in [-0.2, 0) is 0 Å². The Morgan fingerprint density at radius 2 is 2.00 bits per heavy atom. The van der Waals surface area contributed by atoms with E-state index < -0.39 is 12.0 Å². The molecule has 1 unspecified atom stereocenters. The molecular weight excluding hydrogens is 252 g/mol. The summed E-state index contributed by atoms with van der Waals surface area (Å²) in [6.07, 6.45) is 3.28. The molecule has 4 N–H and O–H groups in total. The van der Waals surface area contributed by atoms with Crippen molar-refractivity contribution < 1.29 is 8.78 Å². The SMILES string of the molecule is NC(=NC1=C(F)C=CCC1F)N=C(N)N1CCCC1. The topological polar surface area (TPSA) is 80.0 Å². The van der Waals surface area contributed by atoms with E-state index in [-0.39, 0.29) is 24.0 Å². The van der Waals surface area contributed by atoms with Crippen LogP contribution in [0.3, 0.4) is 0 Å². The minimum Gasteiger partial charge on any atom is -0.369 e. The molecule has 2 aliphatic rings. The van der Waals surface area contributed by atoms with Crippen molar-refractivity contribution in [3.8, 4) is 0 Å². The Morgan fingerprint density at radius 1 is 1.32 bits per heavy atom. The third kappa shape index (κ3) is 3.30. The number of likely N-dealkylation sites (tertiary alicyclic amines) is 1. The van der Waals surface area contributed by atoms with Gasteiger partial charge in [-0.05, 0) is 18.9 Å². The van der Waals surface area contributed by atoms with Crippen LogP contribution in [0.1, 0.15) is 19.3 Å². The summed E-state index contributed by atoms with van der Waals surface area (Å²) in [6, 6.07) is 0. The number of guanidine groups is 2. The fourth-order valence-electron chi connectivity index (χ4n) is 2.04. The molecule has 1 heterocycles. The lowest BCUT2D eigenvalue weighted by atomic mass is 10.1. The van der Waals surface area contributed by atoms with Gasteiger partial charge < -0.3 is 16.4 Å². The van der Waals surface area contributed by atoms with Gasteiger partial charge in [0.15, 0.2) is 5.96 Å². The summed E-state index contributed by atoms with van der Waals surface area (Å²) in [4.78, 5) is 9.43. The molecule has 0 spiro atoms. The van der Waals surface area contributed by atoms with E-state index in [9.17, 15) is 8.78 Å². The minimum atomic E-state index is -1.49. The Balaban J connectivity index is 2.14. The highest BCUT2D eigenvalue weighted by atomic mass is 19.1. The maximum Gasteiger partial charge on any atom is 0.223 e. The van der Waals surface area contributed by atoms with E-state index in [1.54, 1.807) is 0 Å². The average Bonchev–Trinajstić information content (AvgIpc) is 2.88. The summed E-state index contributed by atoms with van der Waals surface area (Å²) in [5.41, 5.74) is 11.0. The van der Waals surface area contributed by atoms with E-state index in [0.717, 1.165) is 25.9 Å². The van der Waals surface area contributed by atoms with Crippen LogP contribution in [0.25, 0.3) is 0 Å². The van der Waals surface area contributed by atoms with Crippen molar-refractivity contribution in [1.82, 2.24) is 4.90 Å². The number of halogens is 2. The van der Waals surface area contributed by atoms with E-state index in [1.165, 1.54) is 12.2 Å². The Labute approximate surface area is 110 Å². The zero-order valence-electron chi connectivity index (χ0n) is 10.5. The number of hydrogen-bond acceptors (Lipinski definition) is 1. The Kier molecular flexibility index (Phi) is 4.13. The number of nitrogens with zero attached hydrogens (tertiary/aromatic N) is 3. The number of rotatable bonds is 1. The lowest BCUT2D eigenvalue weighted by Gasteiger charge is -2.15. The molecule has 0 saturated carbocycles. The van der Waals surface area contributed by atoms with Gasteiger partial charge in [-0.25, -0.2) is 13.8 Å². The first-order valence-corrected chi connectivity index (χ1v) is 6.21. The predicted molar refractivity (Wildman–Crippen MR) is 70.8 cm³/mol. The van der Waals surface area contributed by atoms with Crippen LogP contribution in [0, 0.1) is 0 Å². The van der Waals surface area contributed by atoms with Gasteiger partial charge in [0.1, 0.15) is 17.7 Å². The van der Waals surface area contributed by atoms with Crippen molar-refractivity contribution in [2.24, 2.45) is 21.5 Å². The second kappa shape index (κ2) is 5.81. The van der Waals surface area contributed by atoms with Crippen LogP contribution >= 0.6 is 0 Å². The fraction of sp³-hybridized carbons (Fsp3) is 0.500. The Bertz CT molecular complexity index is 461. The number of hydrogen-bond donors (Lipinski definition) is 2. The zero-order valence-corrected chi connectivity index (χ0v) is 10.5. The van der Waals surface area contributed by atoms with E-state index in [4.69, 9.17) is 11.5 Å². The minimum absolute atomic E-state index is 0.0881. The molecule has 1 atom stereocenters. The van der Waals surface area contributed by atoms with Gasteiger partial charge in [0.2, 0.25) is 5.96 Å². The third-order valence-electron chi connectivity index (χ3n) is 3.04. The highest BCUT2D eigenvalue weighted by Crippen LogP contribution is 2.24. The maximum absolute atomic E-state index is 13.5. The Hall–Kier alpha value is -1.92. The summed E-state index contributed by atoms with van der Waals surface area (Å²) in [5.74, 6) is -0.717. The normalized spacial score (nSPS) is 25.4. The van der Waals surface area contributed by atoms with Gasteiger partial charge in [0.05, 0.1) is 0 Å². The van der Waals surface area contributed by atoms with Crippen molar-refractivity contribution in [3.63, 3.8) is 0 Å². The standard InChI is InChI=1S/C12H17F2N5/c13-8-4-3-5-9(14)10(8)17-11(15)18-12(16)19-6-1-2-7-19/h3-4,9H,1-2,5-7H2,(H4,15,16,17,18). The van der Waals surface area contributed by atoms with Crippen LogP contribution in [0.4, 0.5) is 8.78 Å². The van der Waals surface area contributed by atoms with Crippen LogP contribution in [0.15, 0.2) is 33.7 Å². The summed E-state index contributed by atoms with van der Waals surface area (Å²) in [7, 11) is 0. The van der Waals surface area contributed by atoms with Crippen molar-refractivity contribution in [2.75, 3.05) is 13.1 Å². The summed E-state index contributed by atoms with van der Waals surface area (Å²) in [5, 5.41) is 0. The fourth-order valence-corrected chi connectivity index (χ4v) is 2.04. The molecule has 1 aliphatic heterocycles. The molecular formula is C12H17F2N5. The maximum atomic E-state index is 13.5. The molecule has 19 heavy (non-hydrogen) atoms. The van der Waals surface area contributed by atoms with Gasteiger partial charge in [-0.15, -0.1) is 0 Å². The highest BCUT2D eigenvalue weighted by Gasteiger charge is 2.20. The number of allylic oxidation sites excluding steroid dienone is 4. The smallest absolute Gasteiger partial charge is 0.223 e. The summed E-state index contributed by atoms with van der Waals surface area (Å²) < 4.78 is 26.9. The summed E-state index contributed by atoms with van der Waals surface area (Å²) in [6.45, 7) is 1.63. The molecule has 2 rings (SSSR count). The van der Waals surface area contributed by atoms with Crippen LogP contribution in [0.2, 0.25) is 0 Å². The monoisotopic (exact) mass is 269 g/mol. The van der Waals surface area contributed by atoms with Gasteiger partial charge in [-0.3, -0.25) is 0 Å². The van der Waals surface area contributed by atoms with E-state index >= 15 is 0 Å². The molecule has 104 valence electrons.